The van der Waals surface area contributed by atoms with Crippen LogP contribution in [0.4, 0.5) is 4.79 Å². The Labute approximate surface area is 108 Å². The molecule has 0 bridgehead atoms. The highest BCUT2D eigenvalue weighted by atomic mass is 16.6. The van der Waals surface area contributed by atoms with Crippen molar-refractivity contribution in [2.45, 2.75) is 39.8 Å². The number of nitrogens with one attached hydrogen (secondary N) is 1. The molecule has 0 fully saturated rings. The Kier molecular flexibility index (Phi) is 4.59. The number of carbonyl (C=O) groups excluding carboxylic acids is 1. The lowest BCUT2D eigenvalue weighted by atomic mass is 10.1. The molecule has 0 saturated heterocycles. The van der Waals surface area contributed by atoms with Gasteiger partial charge in [0.05, 0.1) is 7.11 Å². The molecule has 1 amide bonds. The zero-order chi connectivity index (χ0) is 13.8. The van der Waals surface area contributed by atoms with Gasteiger partial charge in [-0.05, 0) is 51.0 Å². The van der Waals surface area contributed by atoms with Crippen molar-refractivity contribution in [3.05, 3.63) is 29.3 Å². The Morgan fingerprint density at radius 1 is 1.33 bits per heavy atom. The first-order valence-corrected chi connectivity index (χ1v) is 5.92. The summed E-state index contributed by atoms with van der Waals surface area (Å²) in [6.07, 6.45) is -0.405. The van der Waals surface area contributed by atoms with Gasteiger partial charge in [0.25, 0.3) is 0 Å². The van der Waals surface area contributed by atoms with Crippen molar-refractivity contribution in [3.63, 3.8) is 0 Å². The van der Waals surface area contributed by atoms with Crippen molar-refractivity contribution in [1.29, 1.82) is 0 Å². The Bertz CT molecular complexity index is 422. The summed E-state index contributed by atoms with van der Waals surface area (Å²) in [5.41, 5.74) is 1.64. The molecule has 0 unspecified atom stereocenters. The van der Waals surface area contributed by atoms with Crippen molar-refractivity contribution in [3.8, 4) is 5.75 Å². The molecule has 0 aliphatic carbocycles. The van der Waals surface area contributed by atoms with Crippen LogP contribution in [0.1, 0.15) is 31.9 Å². The maximum absolute atomic E-state index is 11.5. The minimum absolute atomic E-state index is 0.405. The quantitative estimate of drug-likeness (QED) is 0.898. The van der Waals surface area contributed by atoms with Crippen molar-refractivity contribution in [2.24, 2.45) is 0 Å². The van der Waals surface area contributed by atoms with E-state index in [1.54, 1.807) is 7.11 Å². The SMILES string of the molecule is COc1ccc(CNC(=O)OC(C)(C)C)c(C)c1. The number of hydrogen-bond acceptors (Lipinski definition) is 3. The summed E-state index contributed by atoms with van der Waals surface area (Å²) in [6.45, 7) is 7.95. The maximum Gasteiger partial charge on any atom is 0.407 e. The molecule has 0 spiro atoms. The summed E-state index contributed by atoms with van der Waals surface area (Å²) < 4.78 is 10.3. The number of carbonyl (C=O) groups is 1. The Hall–Kier alpha value is -1.71. The van der Waals surface area contributed by atoms with Crippen LogP contribution in [0.3, 0.4) is 0 Å². The van der Waals surface area contributed by atoms with E-state index in [1.165, 1.54) is 0 Å². The first-order valence-electron chi connectivity index (χ1n) is 5.92. The molecule has 4 heteroatoms. The Morgan fingerprint density at radius 2 is 2.00 bits per heavy atom. The van der Waals surface area contributed by atoms with Crippen molar-refractivity contribution in [1.82, 2.24) is 5.32 Å². The molecule has 1 aromatic rings. The van der Waals surface area contributed by atoms with Crippen LogP contribution in [0.15, 0.2) is 18.2 Å². The second-order valence-electron chi connectivity index (χ2n) is 5.15. The van der Waals surface area contributed by atoms with Crippen LogP contribution in [0, 0.1) is 6.92 Å². The van der Waals surface area contributed by atoms with E-state index in [9.17, 15) is 4.79 Å². The molecule has 0 saturated carbocycles. The molecule has 18 heavy (non-hydrogen) atoms. The summed E-state index contributed by atoms with van der Waals surface area (Å²) in [4.78, 5) is 11.5. The van der Waals surface area contributed by atoms with Gasteiger partial charge in [0.2, 0.25) is 0 Å². The van der Waals surface area contributed by atoms with Gasteiger partial charge < -0.3 is 14.8 Å². The molecule has 0 radical (unpaired) electrons. The van der Waals surface area contributed by atoms with E-state index in [0.717, 1.165) is 16.9 Å². The van der Waals surface area contributed by atoms with Gasteiger partial charge in [-0.1, -0.05) is 6.07 Å². The summed E-state index contributed by atoms with van der Waals surface area (Å²) in [6, 6.07) is 5.75. The molecule has 1 rings (SSSR count). The molecule has 0 aromatic heterocycles. The molecule has 0 aliphatic heterocycles. The molecule has 0 atom stereocenters. The van der Waals surface area contributed by atoms with E-state index < -0.39 is 11.7 Å². The maximum atomic E-state index is 11.5. The topological polar surface area (TPSA) is 47.6 Å². The van der Waals surface area contributed by atoms with Crippen molar-refractivity contribution in [2.75, 3.05) is 7.11 Å². The lowest BCUT2D eigenvalue weighted by Crippen LogP contribution is -2.32. The lowest BCUT2D eigenvalue weighted by molar-refractivity contribution is 0.0523. The standard InChI is InChI=1S/C14H21NO3/c1-10-8-12(17-5)7-6-11(10)9-15-13(16)18-14(2,3)4/h6-8H,9H2,1-5H3,(H,15,16). The minimum Gasteiger partial charge on any atom is -0.497 e. The van der Waals surface area contributed by atoms with E-state index >= 15 is 0 Å². The van der Waals surface area contributed by atoms with Gasteiger partial charge in [0, 0.05) is 6.54 Å². The number of ether oxygens (including phenoxy) is 2. The van der Waals surface area contributed by atoms with Gasteiger partial charge in [-0.15, -0.1) is 0 Å². The lowest BCUT2D eigenvalue weighted by Gasteiger charge is -2.20. The molecule has 100 valence electrons. The van der Waals surface area contributed by atoms with Crippen LogP contribution in [0.2, 0.25) is 0 Å². The zero-order valence-corrected chi connectivity index (χ0v) is 11.7. The van der Waals surface area contributed by atoms with Crippen molar-refractivity contribution < 1.29 is 14.3 Å². The molecule has 4 nitrogen and oxygen atoms in total. The van der Waals surface area contributed by atoms with Crippen LogP contribution in [0.25, 0.3) is 0 Å². The summed E-state index contributed by atoms with van der Waals surface area (Å²) >= 11 is 0. The predicted molar refractivity (Wildman–Crippen MR) is 70.8 cm³/mol. The normalized spacial score (nSPS) is 10.9. The number of methoxy groups -OCH3 is 1. The number of rotatable bonds is 3. The fourth-order valence-electron chi connectivity index (χ4n) is 1.48. The third-order valence-electron chi connectivity index (χ3n) is 2.37. The third-order valence-corrected chi connectivity index (χ3v) is 2.37. The largest absolute Gasteiger partial charge is 0.497 e. The predicted octanol–water partition coefficient (Wildman–Crippen LogP) is 3.03. The number of hydrogen-bond donors (Lipinski definition) is 1. The van der Waals surface area contributed by atoms with E-state index in [0.29, 0.717) is 6.54 Å². The van der Waals surface area contributed by atoms with Gasteiger partial charge >= 0.3 is 6.09 Å². The number of benzene rings is 1. The van der Waals surface area contributed by atoms with Crippen LogP contribution >= 0.6 is 0 Å². The minimum atomic E-state index is -0.473. The van der Waals surface area contributed by atoms with Gasteiger partial charge in [-0.2, -0.15) is 0 Å². The van der Waals surface area contributed by atoms with Gasteiger partial charge in [-0.3, -0.25) is 0 Å². The second-order valence-corrected chi connectivity index (χ2v) is 5.15. The molecule has 0 aliphatic rings. The first-order chi connectivity index (χ1) is 8.31. The fraction of sp³-hybridized carbons (Fsp3) is 0.500. The fourth-order valence-corrected chi connectivity index (χ4v) is 1.48. The monoisotopic (exact) mass is 251 g/mol. The van der Waals surface area contributed by atoms with Gasteiger partial charge in [0.15, 0.2) is 0 Å². The van der Waals surface area contributed by atoms with E-state index in [-0.39, 0.29) is 0 Å². The smallest absolute Gasteiger partial charge is 0.407 e. The average Bonchev–Trinajstić information content (AvgIpc) is 2.25. The molecule has 0 heterocycles. The zero-order valence-electron chi connectivity index (χ0n) is 11.7. The van der Waals surface area contributed by atoms with Crippen LogP contribution in [-0.2, 0) is 11.3 Å². The van der Waals surface area contributed by atoms with Crippen LogP contribution < -0.4 is 10.1 Å². The van der Waals surface area contributed by atoms with E-state index in [1.807, 2.05) is 45.9 Å². The molecular formula is C14H21NO3. The number of aryl methyl sites for hydroxylation is 1. The molecule has 1 aromatic carbocycles. The Balaban J connectivity index is 2.56. The van der Waals surface area contributed by atoms with E-state index in [2.05, 4.69) is 5.32 Å². The molecule has 1 N–H and O–H groups in total. The van der Waals surface area contributed by atoms with Gasteiger partial charge in [-0.25, -0.2) is 4.79 Å². The number of alkyl carbamates (subject to hydrolysis) is 1. The second kappa shape index (κ2) is 5.76. The highest BCUT2D eigenvalue weighted by molar-refractivity contribution is 5.67. The van der Waals surface area contributed by atoms with E-state index in [4.69, 9.17) is 9.47 Å². The number of amides is 1. The third kappa shape index (κ3) is 4.65. The first kappa shape index (κ1) is 14.4. The van der Waals surface area contributed by atoms with Gasteiger partial charge in [0.1, 0.15) is 11.4 Å². The highest BCUT2D eigenvalue weighted by Gasteiger charge is 2.15. The molecular weight excluding hydrogens is 230 g/mol. The summed E-state index contributed by atoms with van der Waals surface area (Å²) in [5, 5.41) is 2.73. The highest BCUT2D eigenvalue weighted by Crippen LogP contribution is 2.16. The van der Waals surface area contributed by atoms with Crippen LogP contribution in [0.5, 0.6) is 5.75 Å². The average molecular weight is 251 g/mol. The summed E-state index contributed by atoms with van der Waals surface area (Å²) in [5.74, 6) is 0.813. The Morgan fingerprint density at radius 3 is 2.50 bits per heavy atom. The van der Waals surface area contributed by atoms with Crippen LogP contribution in [-0.4, -0.2) is 18.8 Å². The van der Waals surface area contributed by atoms with Crippen molar-refractivity contribution >= 4 is 6.09 Å². The summed E-state index contributed by atoms with van der Waals surface area (Å²) in [7, 11) is 1.63.